The molecule has 0 aliphatic carbocycles. The molecule has 0 bridgehead atoms. The van der Waals surface area contributed by atoms with Crippen molar-refractivity contribution in [3.05, 3.63) is 60.2 Å². The third-order valence-corrected chi connectivity index (χ3v) is 8.11. The summed E-state index contributed by atoms with van der Waals surface area (Å²) in [6.45, 7) is 0.361. The molecule has 9 heteroatoms. The molecule has 0 amide bonds. The lowest BCUT2D eigenvalue weighted by Crippen LogP contribution is -2.32. The number of hydrazine groups is 1. The van der Waals surface area contributed by atoms with Gasteiger partial charge in [-0.3, -0.25) is 10.9 Å². The van der Waals surface area contributed by atoms with E-state index in [4.69, 9.17) is 0 Å². The summed E-state index contributed by atoms with van der Waals surface area (Å²) in [6, 6.07) is 16.2. The van der Waals surface area contributed by atoms with Gasteiger partial charge in [0.25, 0.3) is 0 Å². The predicted molar refractivity (Wildman–Crippen MR) is 112 cm³/mol. The first-order valence-electron chi connectivity index (χ1n) is 9.50. The summed E-state index contributed by atoms with van der Waals surface area (Å²) >= 11 is 0. The van der Waals surface area contributed by atoms with Gasteiger partial charge in [0, 0.05) is 31.9 Å². The number of benzene rings is 2. The monoisotopic (exact) mass is 437 g/mol. The topological polar surface area (TPSA) is 95.6 Å². The summed E-state index contributed by atoms with van der Waals surface area (Å²) < 4.78 is 50.3. The van der Waals surface area contributed by atoms with Crippen molar-refractivity contribution < 1.29 is 16.8 Å². The molecule has 1 saturated heterocycles. The van der Waals surface area contributed by atoms with Crippen LogP contribution in [0.3, 0.4) is 0 Å². The number of rotatable bonds is 8. The van der Waals surface area contributed by atoms with Crippen molar-refractivity contribution in [2.75, 3.05) is 19.8 Å². The second kappa shape index (κ2) is 8.93. The van der Waals surface area contributed by atoms with Crippen LogP contribution in [0.15, 0.2) is 64.4 Å². The summed E-state index contributed by atoms with van der Waals surface area (Å²) in [4.78, 5) is -0.00659. The summed E-state index contributed by atoms with van der Waals surface area (Å²) in [7, 11) is -5.68. The number of sulfonamides is 1. The van der Waals surface area contributed by atoms with Gasteiger partial charge in [0.15, 0.2) is 9.84 Å². The maximum absolute atomic E-state index is 12.8. The predicted octanol–water partition coefficient (Wildman–Crippen LogP) is 2.10. The van der Waals surface area contributed by atoms with E-state index in [9.17, 15) is 16.8 Å². The lowest BCUT2D eigenvalue weighted by atomic mass is 10.00. The van der Waals surface area contributed by atoms with Gasteiger partial charge in [-0.15, -0.1) is 0 Å². The third-order valence-electron chi connectivity index (χ3n) is 5.15. The number of sulfone groups is 1. The summed E-state index contributed by atoms with van der Waals surface area (Å²) in [6.07, 6.45) is 3.53. The van der Waals surface area contributed by atoms with Gasteiger partial charge in [-0.2, -0.15) is 0 Å². The van der Waals surface area contributed by atoms with Crippen molar-refractivity contribution in [3.63, 3.8) is 0 Å². The zero-order valence-corrected chi connectivity index (χ0v) is 18.2. The molecule has 0 saturated carbocycles. The van der Waals surface area contributed by atoms with Gasteiger partial charge < -0.3 is 0 Å². The molecule has 1 aliphatic rings. The fourth-order valence-corrected chi connectivity index (χ4v) is 5.44. The van der Waals surface area contributed by atoms with Crippen LogP contribution in [-0.2, 0) is 19.9 Å². The lowest BCUT2D eigenvalue weighted by molar-refractivity contribution is 0.428. The largest absolute Gasteiger partial charge is 0.254 e. The molecular formula is C20H27N3O4S2. The Bertz CT molecular complexity index is 1040. The molecule has 7 nitrogen and oxygen atoms in total. The van der Waals surface area contributed by atoms with Crippen LogP contribution in [-0.4, -0.2) is 47.0 Å². The van der Waals surface area contributed by atoms with E-state index in [1.807, 2.05) is 18.2 Å². The Morgan fingerprint density at radius 3 is 2.34 bits per heavy atom. The molecule has 3 rings (SSSR count). The Kier molecular flexibility index (Phi) is 6.75. The van der Waals surface area contributed by atoms with Crippen LogP contribution in [0.4, 0.5) is 0 Å². The molecule has 158 valence electrons. The minimum atomic E-state index is -3.74. The average Bonchev–Trinajstić information content (AvgIpc) is 3.17. The van der Waals surface area contributed by atoms with Crippen molar-refractivity contribution in [3.8, 4) is 0 Å². The average molecular weight is 438 g/mol. The highest BCUT2D eigenvalue weighted by molar-refractivity contribution is 7.91. The summed E-state index contributed by atoms with van der Waals surface area (Å²) in [5, 5.41) is 0. The Morgan fingerprint density at radius 2 is 1.66 bits per heavy atom. The lowest BCUT2D eigenvalue weighted by Gasteiger charge is -2.18. The van der Waals surface area contributed by atoms with Crippen LogP contribution in [0, 0.1) is 0 Å². The van der Waals surface area contributed by atoms with Crippen LogP contribution >= 0.6 is 0 Å². The Morgan fingerprint density at radius 1 is 0.966 bits per heavy atom. The van der Waals surface area contributed by atoms with Gasteiger partial charge in [-0.25, -0.2) is 21.1 Å². The molecule has 1 aliphatic heterocycles. The Labute approximate surface area is 173 Å². The second-order valence-corrected chi connectivity index (χ2v) is 11.5. The molecule has 2 aromatic rings. The van der Waals surface area contributed by atoms with E-state index >= 15 is 0 Å². The minimum absolute atomic E-state index is 0.000147. The molecule has 2 atom stereocenters. The van der Waals surface area contributed by atoms with E-state index in [2.05, 4.69) is 23.0 Å². The van der Waals surface area contributed by atoms with Gasteiger partial charge in [-0.05, 0) is 43.0 Å². The highest BCUT2D eigenvalue weighted by Crippen LogP contribution is 2.24. The maximum atomic E-state index is 12.8. The first-order chi connectivity index (χ1) is 13.7. The zero-order chi connectivity index (χ0) is 21.1. The first-order valence-corrected chi connectivity index (χ1v) is 12.8. The molecule has 0 spiro atoms. The van der Waals surface area contributed by atoms with Crippen molar-refractivity contribution in [1.82, 2.24) is 15.2 Å². The smallest absolute Gasteiger partial charge is 0.242 e. The fraction of sp³-hybridized carbons (Fsp3) is 0.400. The van der Waals surface area contributed by atoms with Crippen LogP contribution < -0.4 is 10.9 Å². The molecule has 29 heavy (non-hydrogen) atoms. The van der Waals surface area contributed by atoms with Crippen LogP contribution in [0.25, 0.3) is 0 Å². The number of hydrogen-bond donors (Lipinski definition) is 2. The quantitative estimate of drug-likeness (QED) is 0.657. The molecular weight excluding hydrogens is 410 g/mol. The van der Waals surface area contributed by atoms with Crippen LogP contribution in [0.5, 0.6) is 0 Å². The van der Waals surface area contributed by atoms with Gasteiger partial charge in [-0.1, -0.05) is 36.4 Å². The molecule has 0 radical (unpaired) electrons. The van der Waals surface area contributed by atoms with E-state index in [1.54, 1.807) is 0 Å². The minimum Gasteiger partial charge on any atom is -0.254 e. The summed E-state index contributed by atoms with van der Waals surface area (Å²) in [5.41, 5.74) is 7.82. The standard InChI is InChI=1S/C20H27N3O4S2/c1-23(29(26,27)19-12-6-11-18(15-19)28(2,24)25)13-7-10-17-14-20(22-21-17)16-8-4-3-5-9-16/h3-6,8-9,11-12,15,17,20-22H,7,10,13-14H2,1-2H3. The third kappa shape index (κ3) is 5.43. The van der Waals surface area contributed by atoms with Crippen molar-refractivity contribution in [2.24, 2.45) is 0 Å². The van der Waals surface area contributed by atoms with E-state index in [1.165, 1.54) is 41.2 Å². The maximum Gasteiger partial charge on any atom is 0.242 e. The van der Waals surface area contributed by atoms with Gasteiger partial charge in [0.05, 0.1) is 9.79 Å². The zero-order valence-electron chi connectivity index (χ0n) is 16.6. The Balaban J connectivity index is 1.55. The SMILES string of the molecule is CN(CCCC1CC(c2ccccc2)NN1)S(=O)(=O)c1cccc(S(C)(=O)=O)c1. The molecule has 0 aromatic heterocycles. The van der Waals surface area contributed by atoms with Crippen LogP contribution in [0.1, 0.15) is 30.9 Å². The molecule has 2 N–H and O–H groups in total. The van der Waals surface area contributed by atoms with Gasteiger partial charge in [0.1, 0.15) is 0 Å². The molecule has 2 unspecified atom stereocenters. The number of nitrogens with zero attached hydrogens (tertiary/aromatic N) is 1. The van der Waals surface area contributed by atoms with Gasteiger partial charge in [0.2, 0.25) is 10.0 Å². The van der Waals surface area contributed by atoms with E-state index in [-0.39, 0.29) is 21.9 Å². The second-order valence-electron chi connectivity index (χ2n) is 7.40. The molecule has 1 fully saturated rings. The Hall–Kier alpha value is -1.78. The summed E-state index contributed by atoms with van der Waals surface area (Å²) in [5.74, 6) is 0. The first kappa shape index (κ1) is 21.9. The van der Waals surface area contributed by atoms with E-state index in [0.717, 1.165) is 19.1 Å². The van der Waals surface area contributed by atoms with Gasteiger partial charge >= 0.3 is 0 Å². The highest BCUT2D eigenvalue weighted by atomic mass is 32.2. The molecule has 2 aromatic carbocycles. The number of nitrogens with one attached hydrogen (secondary N) is 2. The fourth-order valence-electron chi connectivity index (χ4n) is 3.44. The van der Waals surface area contributed by atoms with E-state index in [0.29, 0.717) is 13.0 Å². The van der Waals surface area contributed by atoms with E-state index < -0.39 is 19.9 Å². The van der Waals surface area contributed by atoms with Crippen LogP contribution in [0.2, 0.25) is 0 Å². The normalized spacial score (nSPS) is 20.2. The highest BCUT2D eigenvalue weighted by Gasteiger charge is 2.26. The van der Waals surface area contributed by atoms with Crippen molar-refractivity contribution >= 4 is 19.9 Å². The molecule has 1 heterocycles. The van der Waals surface area contributed by atoms with Crippen molar-refractivity contribution in [1.29, 1.82) is 0 Å². The number of hydrogen-bond acceptors (Lipinski definition) is 6. The van der Waals surface area contributed by atoms with Crippen molar-refractivity contribution in [2.45, 2.75) is 41.1 Å².